The van der Waals surface area contributed by atoms with E-state index >= 15 is 0 Å². The number of pyridine rings is 1. The third-order valence-electron chi connectivity index (χ3n) is 2.74. The van der Waals surface area contributed by atoms with Gasteiger partial charge < -0.3 is 4.90 Å². The minimum Gasteiger partial charge on any atom is -0.306 e. The van der Waals surface area contributed by atoms with Crippen LogP contribution in [-0.4, -0.2) is 16.9 Å². The molecule has 2 aromatic rings. The number of amides is 1. The molecule has 1 amide bonds. The van der Waals surface area contributed by atoms with Gasteiger partial charge in [0.1, 0.15) is 5.15 Å². The normalized spacial score (nSPS) is 10.5. The number of rotatable bonds is 3. The molecule has 1 aromatic heterocycles. The summed E-state index contributed by atoms with van der Waals surface area (Å²) in [4.78, 5) is 18.2. The van der Waals surface area contributed by atoms with Gasteiger partial charge in [-0.3, -0.25) is 4.79 Å². The summed E-state index contributed by atoms with van der Waals surface area (Å²) in [5, 5.41) is 0.382. The third-order valence-corrected chi connectivity index (χ3v) is 2.97. The summed E-state index contributed by atoms with van der Waals surface area (Å²) >= 11 is 5.74. The molecule has 0 atom stereocenters. The first-order valence-corrected chi connectivity index (χ1v) is 6.47. The van der Waals surface area contributed by atoms with E-state index in [9.17, 15) is 4.79 Å². The zero-order chi connectivity index (χ0) is 13.8. The van der Waals surface area contributed by atoms with E-state index in [-0.39, 0.29) is 11.9 Å². The lowest BCUT2D eigenvalue weighted by Gasteiger charge is -2.26. The Balaban J connectivity index is 2.35. The summed E-state index contributed by atoms with van der Waals surface area (Å²) in [6.07, 6.45) is 1.50. The molecule has 0 N–H and O–H groups in total. The first-order valence-electron chi connectivity index (χ1n) is 6.10. The fourth-order valence-corrected chi connectivity index (χ4v) is 1.99. The highest BCUT2D eigenvalue weighted by Crippen LogP contribution is 2.19. The van der Waals surface area contributed by atoms with E-state index in [1.165, 1.54) is 6.20 Å². The Kier molecular flexibility index (Phi) is 4.17. The van der Waals surface area contributed by atoms with Crippen LogP contribution in [0.4, 0.5) is 5.69 Å². The van der Waals surface area contributed by atoms with Crippen LogP contribution in [0.5, 0.6) is 0 Å². The molecule has 0 aliphatic heterocycles. The molecule has 1 heterocycles. The van der Waals surface area contributed by atoms with Crippen molar-refractivity contribution in [2.75, 3.05) is 4.90 Å². The highest BCUT2D eigenvalue weighted by Gasteiger charge is 2.20. The van der Waals surface area contributed by atoms with Gasteiger partial charge in [-0.2, -0.15) is 0 Å². The van der Waals surface area contributed by atoms with Crippen molar-refractivity contribution < 1.29 is 4.79 Å². The van der Waals surface area contributed by atoms with Crippen LogP contribution in [-0.2, 0) is 0 Å². The van der Waals surface area contributed by atoms with Gasteiger partial charge in [0.05, 0.1) is 5.56 Å². The highest BCUT2D eigenvalue weighted by atomic mass is 35.5. The van der Waals surface area contributed by atoms with Crippen LogP contribution in [0.3, 0.4) is 0 Å². The minimum atomic E-state index is -0.0784. The Labute approximate surface area is 117 Å². The first-order chi connectivity index (χ1) is 9.09. The Morgan fingerprint density at radius 3 is 2.37 bits per heavy atom. The molecule has 0 fully saturated rings. The summed E-state index contributed by atoms with van der Waals surface area (Å²) in [7, 11) is 0. The van der Waals surface area contributed by atoms with Gasteiger partial charge in [0.2, 0.25) is 0 Å². The van der Waals surface area contributed by atoms with Crippen molar-refractivity contribution in [2.24, 2.45) is 0 Å². The smallest absolute Gasteiger partial charge is 0.260 e. The molecule has 4 heteroatoms. The molecule has 0 saturated heterocycles. The second kappa shape index (κ2) is 5.85. The van der Waals surface area contributed by atoms with Crippen LogP contribution in [0.15, 0.2) is 48.7 Å². The molecular weight excluding hydrogens is 260 g/mol. The van der Waals surface area contributed by atoms with Crippen molar-refractivity contribution in [1.82, 2.24) is 4.98 Å². The topological polar surface area (TPSA) is 33.2 Å². The molecule has 98 valence electrons. The van der Waals surface area contributed by atoms with Gasteiger partial charge in [-0.1, -0.05) is 29.8 Å². The van der Waals surface area contributed by atoms with Gasteiger partial charge in [-0.05, 0) is 38.1 Å². The number of nitrogens with zero attached hydrogens (tertiary/aromatic N) is 2. The van der Waals surface area contributed by atoms with Crippen LogP contribution in [0.1, 0.15) is 24.2 Å². The van der Waals surface area contributed by atoms with E-state index in [4.69, 9.17) is 11.6 Å². The number of hydrogen-bond donors (Lipinski definition) is 0. The Morgan fingerprint density at radius 1 is 1.16 bits per heavy atom. The summed E-state index contributed by atoms with van der Waals surface area (Å²) in [6.45, 7) is 3.96. The number of benzene rings is 1. The number of hydrogen-bond acceptors (Lipinski definition) is 2. The number of carbonyl (C=O) groups excluding carboxylic acids is 1. The van der Waals surface area contributed by atoms with Crippen LogP contribution in [0.25, 0.3) is 0 Å². The molecule has 0 unspecified atom stereocenters. The highest BCUT2D eigenvalue weighted by molar-refractivity contribution is 6.29. The lowest BCUT2D eigenvalue weighted by molar-refractivity contribution is 0.0980. The molecule has 2 rings (SSSR count). The van der Waals surface area contributed by atoms with Gasteiger partial charge in [0.15, 0.2) is 0 Å². The van der Waals surface area contributed by atoms with Crippen molar-refractivity contribution in [2.45, 2.75) is 19.9 Å². The molecule has 19 heavy (non-hydrogen) atoms. The number of anilines is 1. The minimum absolute atomic E-state index is 0.0607. The Bertz CT molecular complexity index is 552. The van der Waals surface area contributed by atoms with E-state index in [0.29, 0.717) is 10.7 Å². The summed E-state index contributed by atoms with van der Waals surface area (Å²) in [6, 6.07) is 13.0. The first kappa shape index (κ1) is 13.6. The lowest BCUT2D eigenvalue weighted by atomic mass is 10.2. The molecule has 0 spiro atoms. The molecule has 0 aliphatic carbocycles. The van der Waals surface area contributed by atoms with Gasteiger partial charge in [-0.25, -0.2) is 4.98 Å². The van der Waals surface area contributed by atoms with Gasteiger partial charge in [0, 0.05) is 17.9 Å². The Hall–Kier alpha value is -1.87. The van der Waals surface area contributed by atoms with Crippen LogP contribution >= 0.6 is 11.6 Å². The molecule has 0 saturated carbocycles. The number of aromatic nitrogens is 1. The predicted molar refractivity (Wildman–Crippen MR) is 77.6 cm³/mol. The number of para-hydroxylation sites is 1. The fraction of sp³-hybridized carbons (Fsp3) is 0.200. The van der Waals surface area contributed by atoms with Gasteiger partial charge in [-0.15, -0.1) is 0 Å². The van der Waals surface area contributed by atoms with E-state index in [1.807, 2.05) is 44.2 Å². The summed E-state index contributed by atoms with van der Waals surface area (Å²) < 4.78 is 0. The maximum Gasteiger partial charge on any atom is 0.260 e. The van der Waals surface area contributed by atoms with Crippen molar-refractivity contribution in [1.29, 1.82) is 0 Å². The summed E-state index contributed by atoms with van der Waals surface area (Å²) in [5.41, 5.74) is 1.40. The van der Waals surface area contributed by atoms with Crippen LogP contribution < -0.4 is 4.90 Å². The zero-order valence-corrected chi connectivity index (χ0v) is 11.6. The average Bonchev–Trinajstić information content (AvgIpc) is 2.40. The maximum absolute atomic E-state index is 12.5. The SMILES string of the molecule is CC(C)N(C(=O)c1ccc(Cl)nc1)c1ccccc1. The van der Waals surface area contributed by atoms with Crippen LogP contribution in [0.2, 0.25) is 5.15 Å². The third kappa shape index (κ3) is 3.12. The molecular formula is C15H15ClN2O. The molecule has 1 aromatic carbocycles. The molecule has 0 aliphatic rings. The molecule has 3 nitrogen and oxygen atoms in total. The largest absolute Gasteiger partial charge is 0.306 e. The standard InChI is InChI=1S/C15H15ClN2O/c1-11(2)18(13-6-4-3-5-7-13)15(19)12-8-9-14(16)17-10-12/h3-11H,1-2H3. The van der Waals surface area contributed by atoms with E-state index in [1.54, 1.807) is 17.0 Å². The Morgan fingerprint density at radius 2 is 1.84 bits per heavy atom. The van der Waals surface area contributed by atoms with Crippen LogP contribution in [0, 0.1) is 0 Å². The monoisotopic (exact) mass is 274 g/mol. The molecule has 0 radical (unpaired) electrons. The average molecular weight is 275 g/mol. The van der Waals surface area contributed by atoms with Crippen molar-refractivity contribution in [3.8, 4) is 0 Å². The lowest BCUT2D eigenvalue weighted by Crippen LogP contribution is -2.37. The van der Waals surface area contributed by atoms with E-state index in [0.717, 1.165) is 5.69 Å². The zero-order valence-electron chi connectivity index (χ0n) is 10.9. The predicted octanol–water partition coefficient (Wildman–Crippen LogP) is 3.79. The van der Waals surface area contributed by atoms with E-state index < -0.39 is 0 Å². The second-order valence-electron chi connectivity index (χ2n) is 4.47. The van der Waals surface area contributed by atoms with E-state index in [2.05, 4.69) is 4.98 Å². The van der Waals surface area contributed by atoms with Gasteiger partial charge >= 0.3 is 0 Å². The molecule has 0 bridgehead atoms. The second-order valence-corrected chi connectivity index (χ2v) is 4.86. The quantitative estimate of drug-likeness (QED) is 0.798. The fourth-order valence-electron chi connectivity index (χ4n) is 1.88. The number of halogens is 1. The van der Waals surface area contributed by atoms with Crippen molar-refractivity contribution in [3.63, 3.8) is 0 Å². The van der Waals surface area contributed by atoms with Gasteiger partial charge in [0.25, 0.3) is 5.91 Å². The number of carbonyl (C=O) groups is 1. The maximum atomic E-state index is 12.5. The summed E-state index contributed by atoms with van der Waals surface area (Å²) in [5.74, 6) is -0.0784. The van der Waals surface area contributed by atoms with Crippen molar-refractivity contribution >= 4 is 23.2 Å². The van der Waals surface area contributed by atoms with Crippen molar-refractivity contribution in [3.05, 3.63) is 59.4 Å².